The lowest BCUT2D eigenvalue weighted by atomic mass is 10.2. The van der Waals surface area contributed by atoms with Gasteiger partial charge in [-0.2, -0.15) is 5.10 Å². The second-order valence-corrected chi connectivity index (χ2v) is 6.40. The van der Waals surface area contributed by atoms with Gasteiger partial charge in [0.25, 0.3) is 5.56 Å². The van der Waals surface area contributed by atoms with E-state index in [0.717, 1.165) is 35.4 Å². The molecular formula is C16H18N4O2S. The predicted octanol–water partition coefficient (Wildman–Crippen LogP) is 1.04. The van der Waals surface area contributed by atoms with Crippen LogP contribution in [0.2, 0.25) is 0 Å². The molecule has 0 bridgehead atoms. The predicted molar refractivity (Wildman–Crippen MR) is 88.5 cm³/mol. The molecule has 0 unspecified atom stereocenters. The van der Waals surface area contributed by atoms with Crippen LogP contribution in [-0.2, 0) is 24.2 Å². The third-order valence-corrected chi connectivity index (χ3v) is 4.70. The van der Waals surface area contributed by atoms with E-state index in [-0.39, 0.29) is 11.5 Å². The van der Waals surface area contributed by atoms with E-state index in [0.29, 0.717) is 18.8 Å². The summed E-state index contributed by atoms with van der Waals surface area (Å²) in [6, 6.07) is 5.41. The molecule has 0 spiro atoms. The van der Waals surface area contributed by atoms with Gasteiger partial charge in [-0.05, 0) is 37.0 Å². The lowest BCUT2D eigenvalue weighted by molar-refractivity contribution is -0.118. The van der Waals surface area contributed by atoms with Crippen LogP contribution in [0.4, 0.5) is 0 Å². The molecule has 6 nitrogen and oxygen atoms in total. The van der Waals surface area contributed by atoms with Crippen LogP contribution in [-0.4, -0.2) is 33.0 Å². The van der Waals surface area contributed by atoms with Gasteiger partial charge in [-0.3, -0.25) is 14.6 Å². The molecule has 0 radical (unpaired) electrons. The fourth-order valence-corrected chi connectivity index (χ4v) is 3.25. The van der Waals surface area contributed by atoms with Crippen molar-refractivity contribution in [1.29, 1.82) is 0 Å². The minimum atomic E-state index is -0.0916. The van der Waals surface area contributed by atoms with Gasteiger partial charge in [-0.1, -0.05) is 0 Å². The molecule has 0 aromatic carbocycles. The van der Waals surface area contributed by atoms with Gasteiger partial charge in [-0.15, -0.1) is 11.8 Å². The van der Waals surface area contributed by atoms with Crippen molar-refractivity contribution >= 4 is 17.7 Å². The van der Waals surface area contributed by atoms with E-state index >= 15 is 0 Å². The van der Waals surface area contributed by atoms with Crippen molar-refractivity contribution in [3.8, 4) is 0 Å². The molecule has 0 aliphatic heterocycles. The minimum Gasteiger partial charge on any atom is -0.354 e. The van der Waals surface area contributed by atoms with Crippen LogP contribution in [0.5, 0.6) is 0 Å². The molecule has 0 saturated heterocycles. The zero-order chi connectivity index (χ0) is 16.1. The molecule has 0 fully saturated rings. The van der Waals surface area contributed by atoms with Crippen LogP contribution < -0.4 is 10.9 Å². The third kappa shape index (κ3) is 4.19. The second kappa shape index (κ2) is 7.41. The summed E-state index contributed by atoms with van der Waals surface area (Å²) in [6.45, 7) is 0.805. The van der Waals surface area contributed by atoms with Crippen molar-refractivity contribution < 1.29 is 4.79 Å². The number of hydrogen-bond acceptors (Lipinski definition) is 5. The van der Waals surface area contributed by atoms with E-state index in [2.05, 4.69) is 15.4 Å². The summed E-state index contributed by atoms with van der Waals surface area (Å²) in [7, 11) is 0. The Labute approximate surface area is 138 Å². The lowest BCUT2D eigenvalue weighted by Gasteiger charge is -2.08. The summed E-state index contributed by atoms with van der Waals surface area (Å²) in [5.41, 5.74) is 2.00. The normalized spacial score (nSPS) is 12.9. The molecule has 2 aromatic heterocycles. The molecule has 2 aromatic rings. The Bertz CT molecular complexity index is 745. The number of fused-ring (bicyclic) bond motifs is 1. The highest BCUT2D eigenvalue weighted by Crippen LogP contribution is 2.17. The smallest absolute Gasteiger partial charge is 0.267 e. The van der Waals surface area contributed by atoms with E-state index in [1.165, 1.54) is 16.4 Å². The van der Waals surface area contributed by atoms with Gasteiger partial charge in [0.15, 0.2) is 0 Å². The van der Waals surface area contributed by atoms with Crippen LogP contribution in [0.1, 0.15) is 17.7 Å². The average molecular weight is 330 g/mol. The monoisotopic (exact) mass is 330 g/mol. The van der Waals surface area contributed by atoms with Crippen molar-refractivity contribution in [2.24, 2.45) is 0 Å². The van der Waals surface area contributed by atoms with Gasteiger partial charge in [0.05, 0.1) is 18.0 Å². The fourth-order valence-electron chi connectivity index (χ4n) is 2.54. The molecule has 2 heterocycles. The average Bonchev–Trinajstić information content (AvgIpc) is 3.01. The van der Waals surface area contributed by atoms with Crippen molar-refractivity contribution in [3.63, 3.8) is 0 Å². The maximum atomic E-state index is 11.9. The number of amides is 1. The topological polar surface area (TPSA) is 76.9 Å². The van der Waals surface area contributed by atoms with Crippen LogP contribution in [0.15, 0.2) is 40.3 Å². The fraction of sp³-hybridized carbons (Fsp3) is 0.375. The summed E-state index contributed by atoms with van der Waals surface area (Å²) < 4.78 is 1.44. The maximum Gasteiger partial charge on any atom is 0.267 e. The zero-order valence-electron chi connectivity index (χ0n) is 12.7. The summed E-state index contributed by atoms with van der Waals surface area (Å²) in [4.78, 5) is 28.7. The van der Waals surface area contributed by atoms with Crippen LogP contribution in [0.3, 0.4) is 0 Å². The van der Waals surface area contributed by atoms with Gasteiger partial charge >= 0.3 is 0 Å². The molecule has 1 aliphatic carbocycles. The highest BCUT2D eigenvalue weighted by Gasteiger charge is 2.14. The zero-order valence-corrected chi connectivity index (χ0v) is 13.5. The third-order valence-electron chi connectivity index (χ3n) is 3.69. The first-order chi connectivity index (χ1) is 11.2. The minimum absolute atomic E-state index is 0.0546. The largest absolute Gasteiger partial charge is 0.354 e. The number of pyridine rings is 1. The van der Waals surface area contributed by atoms with Gasteiger partial charge in [0.1, 0.15) is 0 Å². The van der Waals surface area contributed by atoms with Crippen LogP contribution in [0, 0.1) is 0 Å². The first-order valence-electron chi connectivity index (χ1n) is 7.62. The Morgan fingerprint density at radius 1 is 1.30 bits per heavy atom. The Balaban J connectivity index is 1.46. The molecule has 0 atom stereocenters. The number of nitrogens with one attached hydrogen (secondary N) is 1. The highest BCUT2D eigenvalue weighted by molar-refractivity contribution is 8.00. The van der Waals surface area contributed by atoms with E-state index in [1.54, 1.807) is 18.5 Å². The quantitative estimate of drug-likeness (QED) is 0.801. The summed E-state index contributed by atoms with van der Waals surface area (Å²) >= 11 is 1.46. The molecular weight excluding hydrogens is 312 g/mol. The highest BCUT2D eigenvalue weighted by atomic mass is 32.2. The van der Waals surface area contributed by atoms with Crippen LogP contribution in [0.25, 0.3) is 0 Å². The number of nitrogens with zero attached hydrogens (tertiary/aromatic N) is 3. The number of aryl methyl sites for hydroxylation is 2. The number of aromatic nitrogens is 3. The molecule has 1 N–H and O–H groups in total. The van der Waals surface area contributed by atoms with Crippen molar-refractivity contribution in [1.82, 2.24) is 20.1 Å². The van der Waals surface area contributed by atoms with Gasteiger partial charge < -0.3 is 5.32 Å². The van der Waals surface area contributed by atoms with Gasteiger partial charge in [0.2, 0.25) is 5.91 Å². The molecule has 1 amide bonds. The van der Waals surface area contributed by atoms with E-state index in [4.69, 9.17) is 0 Å². The van der Waals surface area contributed by atoms with E-state index in [9.17, 15) is 9.59 Å². The summed E-state index contributed by atoms with van der Waals surface area (Å²) in [5, 5.41) is 7.21. The Morgan fingerprint density at radius 2 is 2.13 bits per heavy atom. The molecule has 3 rings (SSSR count). The number of hydrogen-bond donors (Lipinski definition) is 1. The van der Waals surface area contributed by atoms with Crippen molar-refractivity contribution in [3.05, 3.63) is 52.2 Å². The Kier molecular flexibility index (Phi) is 5.07. The van der Waals surface area contributed by atoms with E-state index in [1.807, 2.05) is 12.1 Å². The molecule has 120 valence electrons. The van der Waals surface area contributed by atoms with E-state index < -0.39 is 0 Å². The van der Waals surface area contributed by atoms with Crippen LogP contribution >= 0.6 is 11.8 Å². The first-order valence-corrected chi connectivity index (χ1v) is 8.60. The molecule has 23 heavy (non-hydrogen) atoms. The maximum absolute atomic E-state index is 11.9. The SMILES string of the molecule is O=C(CSc1ccncc1)NCCn1nc2c(cc1=O)CCC2. The number of rotatable bonds is 6. The molecule has 7 heteroatoms. The summed E-state index contributed by atoms with van der Waals surface area (Å²) in [5.74, 6) is 0.289. The van der Waals surface area contributed by atoms with Gasteiger partial charge in [-0.25, -0.2) is 4.68 Å². The summed E-state index contributed by atoms with van der Waals surface area (Å²) in [6.07, 6.45) is 6.35. The lowest BCUT2D eigenvalue weighted by Crippen LogP contribution is -2.33. The second-order valence-electron chi connectivity index (χ2n) is 5.35. The van der Waals surface area contributed by atoms with Gasteiger partial charge in [0, 0.05) is 29.9 Å². The molecule has 0 saturated carbocycles. The Hall–Kier alpha value is -2.15. The number of thioether (sulfide) groups is 1. The standard InChI is InChI=1S/C16H18N4O2S/c21-15(11-23-13-4-6-17-7-5-13)18-8-9-20-16(22)10-12-2-1-3-14(12)19-20/h4-7,10H,1-3,8-9,11H2,(H,18,21). The molecule has 1 aliphatic rings. The van der Waals surface area contributed by atoms with Crippen molar-refractivity contribution in [2.45, 2.75) is 30.7 Å². The number of carbonyl (C=O) groups excluding carboxylic acids is 1. The van der Waals surface area contributed by atoms with Crippen molar-refractivity contribution in [2.75, 3.05) is 12.3 Å². The number of carbonyl (C=O) groups is 1. The first kappa shape index (κ1) is 15.7. The Morgan fingerprint density at radius 3 is 2.96 bits per heavy atom.